The Balaban J connectivity index is 1.89. The number of methoxy groups -OCH3 is 1. The van der Waals surface area contributed by atoms with Gasteiger partial charge in [-0.25, -0.2) is 8.42 Å². The molecule has 0 aliphatic rings. The van der Waals surface area contributed by atoms with E-state index in [9.17, 15) is 13.2 Å². The molecule has 0 saturated carbocycles. The Labute approximate surface area is 171 Å². The lowest BCUT2D eigenvalue weighted by atomic mass is 10.3. The Morgan fingerprint density at radius 2 is 1.72 bits per heavy atom. The average Bonchev–Trinajstić information content (AvgIpc) is 2.70. The zero-order valence-corrected chi connectivity index (χ0v) is 17.6. The van der Waals surface area contributed by atoms with Gasteiger partial charge in [0.05, 0.1) is 32.2 Å². The van der Waals surface area contributed by atoms with Crippen LogP contribution in [0.4, 0.5) is 5.69 Å². The van der Waals surface area contributed by atoms with Gasteiger partial charge >= 0.3 is 0 Å². The normalized spacial score (nSPS) is 10.9. The van der Waals surface area contributed by atoms with Crippen molar-refractivity contribution < 1.29 is 27.4 Å². The fourth-order valence-corrected chi connectivity index (χ4v) is 3.37. The maximum Gasteiger partial charge on any atom is 0.240 e. The number of nitrogens with zero attached hydrogens (tertiary/aromatic N) is 1. The summed E-state index contributed by atoms with van der Waals surface area (Å²) < 4.78 is 41.3. The Kier molecular flexibility index (Phi) is 8.14. The smallest absolute Gasteiger partial charge is 0.240 e. The second-order valence-corrected chi connectivity index (χ2v) is 7.98. The van der Waals surface area contributed by atoms with E-state index in [4.69, 9.17) is 14.2 Å². The largest absolute Gasteiger partial charge is 0.497 e. The number of carbonyl (C=O) groups is 1. The van der Waals surface area contributed by atoms with Crippen LogP contribution in [-0.2, 0) is 14.8 Å². The molecule has 0 atom stereocenters. The Morgan fingerprint density at radius 3 is 2.34 bits per heavy atom. The first-order valence-corrected chi connectivity index (χ1v) is 10.9. The maximum atomic E-state index is 12.2. The van der Waals surface area contributed by atoms with Gasteiger partial charge in [0.2, 0.25) is 15.9 Å². The molecular weight excluding hydrogens is 396 g/mol. The van der Waals surface area contributed by atoms with Gasteiger partial charge in [-0.05, 0) is 43.3 Å². The van der Waals surface area contributed by atoms with E-state index in [0.717, 1.165) is 10.6 Å². The van der Waals surface area contributed by atoms with Crippen LogP contribution >= 0.6 is 0 Å². The van der Waals surface area contributed by atoms with Gasteiger partial charge in [-0.3, -0.25) is 9.10 Å². The average molecular weight is 423 g/mol. The lowest BCUT2D eigenvalue weighted by molar-refractivity contribution is -0.119. The minimum absolute atomic E-state index is 0.233. The van der Waals surface area contributed by atoms with Crippen LogP contribution in [0, 0.1) is 0 Å². The number of carbonyl (C=O) groups excluding carboxylic acids is 1. The van der Waals surface area contributed by atoms with E-state index in [0.29, 0.717) is 29.5 Å². The Morgan fingerprint density at radius 1 is 1.03 bits per heavy atom. The van der Waals surface area contributed by atoms with E-state index in [-0.39, 0.29) is 19.7 Å². The number of anilines is 1. The SMILES string of the molecule is CCOc1ccc(N(CC(=O)NCCOc2cccc(OC)c2)S(C)(=O)=O)cc1. The monoisotopic (exact) mass is 422 g/mol. The minimum Gasteiger partial charge on any atom is -0.497 e. The van der Waals surface area contributed by atoms with Gasteiger partial charge in [-0.15, -0.1) is 0 Å². The van der Waals surface area contributed by atoms with Crippen molar-refractivity contribution in [3.63, 3.8) is 0 Å². The fraction of sp³-hybridized carbons (Fsp3) is 0.350. The molecular formula is C20H26N2O6S. The van der Waals surface area contributed by atoms with Crippen LogP contribution in [-0.4, -0.2) is 54.0 Å². The van der Waals surface area contributed by atoms with Gasteiger partial charge in [-0.1, -0.05) is 6.07 Å². The molecule has 0 aliphatic heterocycles. The third-order valence-electron chi connectivity index (χ3n) is 3.86. The van der Waals surface area contributed by atoms with Crippen molar-refractivity contribution in [1.82, 2.24) is 5.32 Å². The molecule has 1 amide bonds. The van der Waals surface area contributed by atoms with E-state index < -0.39 is 15.9 Å². The van der Waals surface area contributed by atoms with Crippen molar-refractivity contribution in [2.24, 2.45) is 0 Å². The molecule has 0 unspecified atom stereocenters. The van der Waals surface area contributed by atoms with E-state index in [1.165, 1.54) is 0 Å². The van der Waals surface area contributed by atoms with Crippen molar-refractivity contribution in [3.05, 3.63) is 48.5 Å². The summed E-state index contributed by atoms with van der Waals surface area (Å²) in [6.07, 6.45) is 1.06. The standard InChI is InChI=1S/C20H26N2O6S/c1-4-27-17-10-8-16(9-11-17)22(29(3,24)25)15-20(23)21-12-13-28-19-7-5-6-18(14-19)26-2/h5-11,14H,4,12-13,15H2,1-3H3,(H,21,23). The first-order chi connectivity index (χ1) is 13.8. The van der Waals surface area contributed by atoms with Crippen LogP contribution in [0.15, 0.2) is 48.5 Å². The third kappa shape index (κ3) is 7.19. The molecule has 8 nitrogen and oxygen atoms in total. The summed E-state index contributed by atoms with van der Waals surface area (Å²) >= 11 is 0. The highest BCUT2D eigenvalue weighted by Crippen LogP contribution is 2.21. The van der Waals surface area contributed by atoms with Crippen LogP contribution in [0.1, 0.15) is 6.92 Å². The lowest BCUT2D eigenvalue weighted by Crippen LogP contribution is -2.41. The quantitative estimate of drug-likeness (QED) is 0.557. The van der Waals surface area contributed by atoms with Crippen molar-refractivity contribution >= 4 is 21.6 Å². The molecule has 0 radical (unpaired) electrons. The van der Waals surface area contributed by atoms with Gasteiger partial charge in [0.1, 0.15) is 30.4 Å². The second kappa shape index (κ2) is 10.6. The van der Waals surface area contributed by atoms with Crippen molar-refractivity contribution in [1.29, 1.82) is 0 Å². The summed E-state index contributed by atoms with van der Waals surface area (Å²) in [5, 5.41) is 2.66. The highest BCUT2D eigenvalue weighted by molar-refractivity contribution is 7.92. The third-order valence-corrected chi connectivity index (χ3v) is 5.00. The highest BCUT2D eigenvalue weighted by atomic mass is 32.2. The number of sulfonamides is 1. The number of rotatable bonds is 11. The highest BCUT2D eigenvalue weighted by Gasteiger charge is 2.20. The molecule has 0 spiro atoms. The molecule has 0 heterocycles. The van der Waals surface area contributed by atoms with Gasteiger partial charge in [0.25, 0.3) is 0 Å². The number of nitrogens with one attached hydrogen (secondary N) is 1. The minimum atomic E-state index is -3.63. The van der Waals surface area contributed by atoms with E-state index in [1.54, 1.807) is 55.6 Å². The van der Waals surface area contributed by atoms with E-state index in [1.807, 2.05) is 6.92 Å². The molecule has 29 heavy (non-hydrogen) atoms. The summed E-state index contributed by atoms with van der Waals surface area (Å²) in [4.78, 5) is 12.2. The predicted octanol–water partition coefficient (Wildman–Crippen LogP) is 2.06. The molecule has 2 aromatic rings. The zero-order valence-electron chi connectivity index (χ0n) is 16.8. The molecule has 158 valence electrons. The lowest BCUT2D eigenvalue weighted by Gasteiger charge is -2.22. The summed E-state index contributed by atoms with van der Waals surface area (Å²) in [5.41, 5.74) is 0.388. The van der Waals surface area contributed by atoms with Crippen LogP contribution in [0.3, 0.4) is 0 Å². The fourth-order valence-electron chi connectivity index (χ4n) is 2.51. The van der Waals surface area contributed by atoms with Crippen molar-refractivity contribution in [3.8, 4) is 17.2 Å². The van der Waals surface area contributed by atoms with Crippen LogP contribution in [0.25, 0.3) is 0 Å². The Bertz CT molecular complexity index is 899. The second-order valence-electron chi connectivity index (χ2n) is 6.07. The number of hydrogen-bond acceptors (Lipinski definition) is 6. The van der Waals surface area contributed by atoms with Gasteiger partial charge in [-0.2, -0.15) is 0 Å². The Hall–Kier alpha value is -2.94. The molecule has 0 aliphatic carbocycles. The summed E-state index contributed by atoms with van der Waals surface area (Å²) in [6, 6.07) is 13.6. The van der Waals surface area contributed by atoms with Gasteiger partial charge in [0, 0.05) is 6.07 Å². The first kappa shape index (κ1) is 22.4. The molecule has 0 fully saturated rings. The van der Waals surface area contributed by atoms with Gasteiger partial charge in [0.15, 0.2) is 0 Å². The molecule has 0 saturated heterocycles. The van der Waals surface area contributed by atoms with Crippen LogP contribution in [0.2, 0.25) is 0 Å². The zero-order chi connectivity index (χ0) is 21.3. The van der Waals surface area contributed by atoms with Crippen molar-refractivity contribution in [2.45, 2.75) is 6.92 Å². The first-order valence-electron chi connectivity index (χ1n) is 9.07. The number of amides is 1. The van der Waals surface area contributed by atoms with E-state index in [2.05, 4.69) is 5.32 Å². The number of ether oxygens (including phenoxy) is 3. The van der Waals surface area contributed by atoms with E-state index >= 15 is 0 Å². The summed E-state index contributed by atoms with van der Waals surface area (Å²) in [5.74, 6) is 1.49. The molecule has 0 aromatic heterocycles. The molecule has 2 aromatic carbocycles. The predicted molar refractivity (Wildman–Crippen MR) is 111 cm³/mol. The molecule has 2 rings (SSSR count). The van der Waals surface area contributed by atoms with Crippen LogP contribution < -0.4 is 23.8 Å². The van der Waals surface area contributed by atoms with Crippen molar-refractivity contribution in [2.75, 3.05) is 44.0 Å². The topological polar surface area (TPSA) is 94.2 Å². The molecule has 1 N–H and O–H groups in total. The number of benzene rings is 2. The summed E-state index contributed by atoms with van der Waals surface area (Å²) in [6.45, 7) is 2.51. The maximum absolute atomic E-state index is 12.2. The molecule has 9 heteroatoms. The number of hydrogen-bond donors (Lipinski definition) is 1. The molecule has 0 bridgehead atoms. The summed E-state index contributed by atoms with van der Waals surface area (Å²) in [7, 11) is -2.07. The van der Waals surface area contributed by atoms with Gasteiger partial charge < -0.3 is 19.5 Å². The van der Waals surface area contributed by atoms with Crippen LogP contribution in [0.5, 0.6) is 17.2 Å².